The van der Waals surface area contributed by atoms with Crippen molar-refractivity contribution in [1.82, 2.24) is 0 Å². The largest absolute Gasteiger partial charge is 0.0654 e. The molecule has 0 aromatic rings. The van der Waals surface area contributed by atoms with Crippen molar-refractivity contribution in [2.75, 3.05) is 0 Å². The summed E-state index contributed by atoms with van der Waals surface area (Å²) in [7, 11) is 0. The van der Waals surface area contributed by atoms with Gasteiger partial charge in [0.25, 0.3) is 0 Å². The maximum atomic E-state index is 2.31. The second kappa shape index (κ2) is 1.29. The summed E-state index contributed by atoms with van der Waals surface area (Å²) in [4.78, 5) is 0. The lowest BCUT2D eigenvalue weighted by Crippen LogP contribution is -2.13. The first kappa shape index (κ1) is 4.84. The highest BCUT2D eigenvalue weighted by Gasteiger charge is 2.59. The van der Waals surface area contributed by atoms with Crippen LogP contribution in [0.5, 0.6) is 0 Å². The minimum Gasteiger partial charge on any atom is -0.0654 e. The third kappa shape index (κ3) is 0.416. The van der Waals surface area contributed by atoms with E-state index in [1.54, 1.807) is 19.3 Å². The Bertz CT molecular complexity index is 103. The summed E-state index contributed by atoms with van der Waals surface area (Å²) in [6, 6.07) is 0. The van der Waals surface area contributed by atoms with Crippen LogP contribution in [0.15, 0.2) is 0 Å². The first-order chi connectivity index (χ1) is 3.87. The average Bonchev–Trinajstić information content (AvgIpc) is 2.19. The minimum absolute atomic E-state index is 0.939. The Balaban J connectivity index is 1.89. The van der Waals surface area contributed by atoms with Gasteiger partial charge in [0.2, 0.25) is 0 Å². The highest BCUT2D eigenvalue weighted by atomic mass is 14.6. The van der Waals surface area contributed by atoms with Crippen molar-refractivity contribution in [2.24, 2.45) is 11.3 Å². The van der Waals surface area contributed by atoms with Crippen LogP contribution in [-0.2, 0) is 0 Å². The summed E-state index contributed by atoms with van der Waals surface area (Å²) < 4.78 is 0. The van der Waals surface area contributed by atoms with E-state index in [9.17, 15) is 0 Å². The maximum absolute atomic E-state index is 2.31. The Kier molecular flexibility index (Phi) is 0.778. The summed E-state index contributed by atoms with van der Waals surface area (Å²) in [6.45, 7) is 2.31. The molecule has 8 heavy (non-hydrogen) atoms. The van der Waals surface area contributed by atoms with Gasteiger partial charge in [0.1, 0.15) is 0 Å². The molecule has 0 aromatic carbocycles. The molecule has 0 saturated heterocycles. The monoisotopic (exact) mass is 110 g/mol. The van der Waals surface area contributed by atoms with Crippen LogP contribution >= 0.6 is 0 Å². The topological polar surface area (TPSA) is 0 Å². The molecule has 0 amide bonds. The van der Waals surface area contributed by atoms with Crippen LogP contribution < -0.4 is 0 Å². The van der Waals surface area contributed by atoms with E-state index in [0.717, 1.165) is 5.41 Å². The molecular weight excluding hydrogens is 96.1 g/mol. The Hall–Kier alpha value is 0. The Morgan fingerprint density at radius 1 is 1.62 bits per heavy atom. The number of hydrogen-bond acceptors (Lipinski definition) is 0. The lowest BCUT2D eigenvalue weighted by Gasteiger charge is -2.24. The summed E-state index contributed by atoms with van der Waals surface area (Å²) >= 11 is 0. The molecule has 0 aliphatic heterocycles. The molecule has 2 rings (SSSR count). The predicted octanol–water partition coefficient (Wildman–Crippen LogP) is 2.59. The second-order valence-electron chi connectivity index (χ2n) is 3.55. The molecule has 0 N–H and O–H groups in total. The van der Waals surface area contributed by atoms with Crippen molar-refractivity contribution in [1.29, 1.82) is 0 Å². The standard InChI is InChI=1S/C8H14/c1-2-4-8-5-3-7(8)6-8/h7H,2-6H2,1H3. The van der Waals surface area contributed by atoms with Gasteiger partial charge >= 0.3 is 0 Å². The zero-order valence-corrected chi connectivity index (χ0v) is 5.61. The van der Waals surface area contributed by atoms with Crippen LogP contribution in [0.4, 0.5) is 0 Å². The molecule has 0 radical (unpaired) electrons. The number of fused-ring (bicyclic) bond motifs is 1. The summed E-state index contributed by atoms with van der Waals surface area (Å²) in [5.41, 5.74) is 0.939. The van der Waals surface area contributed by atoms with E-state index in [1.165, 1.54) is 18.8 Å². The molecular formula is C8H14. The fourth-order valence-electron chi connectivity index (χ4n) is 2.32. The van der Waals surface area contributed by atoms with Crippen LogP contribution in [0.1, 0.15) is 39.0 Å². The van der Waals surface area contributed by atoms with E-state index in [1.807, 2.05) is 0 Å². The molecule has 0 heterocycles. The smallest absolute Gasteiger partial charge is 0.0266 e. The predicted molar refractivity (Wildman–Crippen MR) is 34.7 cm³/mol. The van der Waals surface area contributed by atoms with E-state index >= 15 is 0 Å². The first-order valence-electron chi connectivity index (χ1n) is 3.87. The second-order valence-corrected chi connectivity index (χ2v) is 3.55. The molecule has 2 aliphatic carbocycles. The van der Waals surface area contributed by atoms with E-state index in [2.05, 4.69) is 6.92 Å². The molecule has 2 atom stereocenters. The van der Waals surface area contributed by atoms with Gasteiger partial charge in [0.15, 0.2) is 0 Å². The third-order valence-corrected chi connectivity index (χ3v) is 3.10. The summed E-state index contributed by atoms with van der Waals surface area (Å²) in [6.07, 6.45) is 7.64. The maximum Gasteiger partial charge on any atom is -0.0266 e. The average molecular weight is 110 g/mol. The van der Waals surface area contributed by atoms with Gasteiger partial charge < -0.3 is 0 Å². The summed E-state index contributed by atoms with van der Waals surface area (Å²) in [5, 5.41) is 0. The highest BCUT2D eigenvalue weighted by molar-refractivity contribution is 5.09. The molecule has 46 valence electrons. The van der Waals surface area contributed by atoms with E-state index in [4.69, 9.17) is 0 Å². The van der Waals surface area contributed by atoms with Crippen molar-refractivity contribution in [2.45, 2.75) is 39.0 Å². The Morgan fingerprint density at radius 2 is 2.50 bits per heavy atom. The van der Waals surface area contributed by atoms with Crippen molar-refractivity contribution in [3.05, 3.63) is 0 Å². The Morgan fingerprint density at radius 3 is 2.62 bits per heavy atom. The molecule has 0 bridgehead atoms. The van der Waals surface area contributed by atoms with Crippen LogP contribution in [0.2, 0.25) is 0 Å². The van der Waals surface area contributed by atoms with Crippen molar-refractivity contribution in [3.8, 4) is 0 Å². The lowest BCUT2D eigenvalue weighted by atomic mass is 9.81. The number of hydrogen-bond donors (Lipinski definition) is 0. The Labute approximate surface area is 51.3 Å². The SMILES string of the molecule is CCCC12CCC1C2. The van der Waals surface area contributed by atoms with Crippen molar-refractivity contribution < 1.29 is 0 Å². The molecule has 0 aromatic heterocycles. The number of rotatable bonds is 2. The van der Waals surface area contributed by atoms with Gasteiger partial charge in [-0.3, -0.25) is 0 Å². The quantitative estimate of drug-likeness (QED) is 0.512. The third-order valence-electron chi connectivity index (χ3n) is 3.10. The minimum atomic E-state index is 0.939. The molecule has 2 saturated carbocycles. The molecule has 0 heteroatoms. The van der Waals surface area contributed by atoms with Gasteiger partial charge in [0, 0.05) is 0 Å². The normalized spacial score (nSPS) is 49.9. The molecule has 2 fully saturated rings. The van der Waals surface area contributed by atoms with E-state index in [-0.39, 0.29) is 0 Å². The molecule has 2 aliphatic rings. The van der Waals surface area contributed by atoms with Gasteiger partial charge in [-0.05, 0) is 37.0 Å². The van der Waals surface area contributed by atoms with Gasteiger partial charge in [-0.2, -0.15) is 0 Å². The zero-order chi connectivity index (χ0) is 5.61. The highest BCUT2D eigenvalue weighted by Crippen LogP contribution is 2.69. The van der Waals surface area contributed by atoms with Crippen LogP contribution in [-0.4, -0.2) is 0 Å². The van der Waals surface area contributed by atoms with Gasteiger partial charge in [-0.1, -0.05) is 13.3 Å². The first-order valence-corrected chi connectivity index (χ1v) is 3.87. The summed E-state index contributed by atoms with van der Waals surface area (Å²) in [5.74, 6) is 1.20. The van der Waals surface area contributed by atoms with Gasteiger partial charge in [-0.15, -0.1) is 0 Å². The molecule has 0 nitrogen and oxygen atoms in total. The molecule has 0 spiro atoms. The van der Waals surface area contributed by atoms with Gasteiger partial charge in [-0.25, -0.2) is 0 Å². The van der Waals surface area contributed by atoms with E-state index in [0.29, 0.717) is 0 Å². The van der Waals surface area contributed by atoms with Crippen LogP contribution in [0.25, 0.3) is 0 Å². The van der Waals surface area contributed by atoms with Crippen LogP contribution in [0.3, 0.4) is 0 Å². The van der Waals surface area contributed by atoms with Crippen molar-refractivity contribution >= 4 is 0 Å². The fraction of sp³-hybridized carbons (Fsp3) is 1.00. The molecule has 2 unspecified atom stereocenters. The van der Waals surface area contributed by atoms with Crippen LogP contribution in [0, 0.1) is 11.3 Å². The van der Waals surface area contributed by atoms with Crippen molar-refractivity contribution in [3.63, 3.8) is 0 Å². The van der Waals surface area contributed by atoms with E-state index < -0.39 is 0 Å². The fourth-order valence-corrected chi connectivity index (χ4v) is 2.32. The zero-order valence-electron chi connectivity index (χ0n) is 5.61. The van der Waals surface area contributed by atoms with Gasteiger partial charge in [0.05, 0.1) is 0 Å². The lowest BCUT2D eigenvalue weighted by molar-refractivity contribution is 0.271.